The second-order valence-electron chi connectivity index (χ2n) is 8.98. The van der Waals surface area contributed by atoms with Gasteiger partial charge in [-0.3, -0.25) is 0 Å². The van der Waals surface area contributed by atoms with Crippen molar-refractivity contribution >= 4 is 0 Å². The van der Waals surface area contributed by atoms with Crippen LogP contribution < -0.4 is 0 Å². The zero-order valence-electron chi connectivity index (χ0n) is 17.0. The molecule has 0 aliphatic heterocycles. The highest BCUT2D eigenvalue weighted by atomic mass is 14.7. The maximum Gasteiger partial charge on any atom is 0.0339 e. The van der Waals surface area contributed by atoms with Crippen LogP contribution in [-0.4, -0.2) is 0 Å². The Bertz CT molecular complexity index is 797. The maximum absolute atomic E-state index is 2.63. The molecule has 0 aromatic heterocycles. The molecule has 1 fully saturated rings. The Morgan fingerprint density at radius 1 is 0.464 bits per heavy atom. The monoisotopic (exact) mass is 368 g/mol. The zero-order chi connectivity index (χ0) is 18.9. The number of hydrogen-bond acceptors (Lipinski definition) is 0. The minimum Gasteiger partial charge on any atom is -0.0801 e. The second-order valence-corrected chi connectivity index (χ2v) is 8.98. The first-order valence-corrected chi connectivity index (χ1v) is 11.4. The first kappa shape index (κ1) is 18.0. The normalized spacial score (nSPS) is 33.9. The van der Waals surface area contributed by atoms with E-state index in [-0.39, 0.29) is 10.8 Å². The molecular weight excluding hydrogens is 336 g/mol. The summed E-state index contributed by atoms with van der Waals surface area (Å²) in [5.41, 5.74) is 6.74. The van der Waals surface area contributed by atoms with Gasteiger partial charge in [-0.05, 0) is 60.8 Å². The van der Waals surface area contributed by atoms with Gasteiger partial charge in [-0.25, -0.2) is 0 Å². The predicted molar refractivity (Wildman–Crippen MR) is 119 cm³/mol. The van der Waals surface area contributed by atoms with Crippen molar-refractivity contribution in [2.24, 2.45) is 0 Å². The van der Waals surface area contributed by atoms with Crippen molar-refractivity contribution in [1.82, 2.24) is 0 Å². The Morgan fingerprint density at radius 3 is 1.32 bits per heavy atom. The zero-order valence-corrected chi connectivity index (χ0v) is 17.0. The van der Waals surface area contributed by atoms with E-state index >= 15 is 0 Å². The molecule has 0 N–H and O–H groups in total. The van der Waals surface area contributed by atoms with Gasteiger partial charge in [0.15, 0.2) is 0 Å². The number of allylic oxidation sites excluding steroid dienone is 4. The highest BCUT2D eigenvalue weighted by Crippen LogP contribution is 2.70. The highest BCUT2D eigenvalue weighted by molar-refractivity contribution is 5.71. The first-order chi connectivity index (χ1) is 13.9. The molecule has 0 nitrogen and oxygen atoms in total. The Hall–Kier alpha value is -2.08. The van der Waals surface area contributed by atoms with E-state index in [1.807, 2.05) is 0 Å². The molecule has 144 valence electrons. The number of fused-ring (bicyclic) bond motifs is 4. The molecule has 0 saturated heterocycles. The Balaban J connectivity index is 1.81. The second kappa shape index (κ2) is 7.39. The van der Waals surface area contributed by atoms with Crippen LogP contribution in [0.3, 0.4) is 0 Å². The highest BCUT2D eigenvalue weighted by Gasteiger charge is 2.65. The molecule has 2 aromatic carbocycles. The smallest absolute Gasteiger partial charge is 0.0339 e. The van der Waals surface area contributed by atoms with Gasteiger partial charge in [-0.15, -0.1) is 0 Å². The van der Waals surface area contributed by atoms with Gasteiger partial charge in [-0.2, -0.15) is 0 Å². The molecule has 0 amide bonds. The van der Waals surface area contributed by atoms with E-state index in [4.69, 9.17) is 0 Å². The molecule has 28 heavy (non-hydrogen) atoms. The summed E-state index contributed by atoms with van der Waals surface area (Å²) in [4.78, 5) is 0. The molecule has 3 aliphatic carbocycles. The molecular formula is C28H32. The molecule has 0 heterocycles. The minimum absolute atomic E-state index is 0.152. The summed E-state index contributed by atoms with van der Waals surface area (Å²) < 4.78 is 0. The van der Waals surface area contributed by atoms with Crippen LogP contribution in [0.5, 0.6) is 0 Å². The molecule has 3 aliphatic rings. The van der Waals surface area contributed by atoms with Crippen molar-refractivity contribution in [1.29, 1.82) is 0 Å². The maximum atomic E-state index is 2.63. The lowest BCUT2D eigenvalue weighted by Gasteiger charge is -2.65. The van der Waals surface area contributed by atoms with Gasteiger partial charge in [-0.1, -0.05) is 98.5 Å². The molecule has 0 radical (unpaired) electrons. The third kappa shape index (κ3) is 2.50. The fraction of sp³-hybridized carbons (Fsp3) is 0.429. The molecule has 5 rings (SSSR count). The van der Waals surface area contributed by atoms with Gasteiger partial charge in [0.2, 0.25) is 0 Å². The van der Waals surface area contributed by atoms with Crippen LogP contribution in [0.25, 0.3) is 0 Å². The van der Waals surface area contributed by atoms with E-state index in [2.05, 4.69) is 72.8 Å². The molecule has 2 aromatic rings. The summed E-state index contributed by atoms with van der Waals surface area (Å²) in [5, 5.41) is 0. The van der Waals surface area contributed by atoms with Crippen molar-refractivity contribution < 1.29 is 0 Å². The molecule has 0 unspecified atom stereocenters. The van der Waals surface area contributed by atoms with Gasteiger partial charge in [0.1, 0.15) is 0 Å². The van der Waals surface area contributed by atoms with E-state index in [0.29, 0.717) is 0 Å². The number of rotatable bonds is 2. The summed E-state index contributed by atoms with van der Waals surface area (Å²) in [6.07, 6.45) is 18.4. The summed E-state index contributed by atoms with van der Waals surface area (Å²) in [6, 6.07) is 23.0. The quantitative estimate of drug-likeness (QED) is 0.510. The van der Waals surface area contributed by atoms with Crippen LogP contribution in [0.15, 0.2) is 84.0 Å². The lowest BCUT2D eigenvalue weighted by molar-refractivity contribution is 0.184. The lowest BCUT2D eigenvalue weighted by Crippen LogP contribution is -2.62. The van der Waals surface area contributed by atoms with E-state index in [9.17, 15) is 0 Å². The van der Waals surface area contributed by atoms with Crippen LogP contribution in [0.1, 0.15) is 75.3 Å². The van der Waals surface area contributed by atoms with Crippen molar-refractivity contribution in [3.63, 3.8) is 0 Å². The minimum atomic E-state index is 0.152. The summed E-state index contributed by atoms with van der Waals surface area (Å²) >= 11 is 0. The van der Waals surface area contributed by atoms with E-state index in [1.54, 1.807) is 22.3 Å². The van der Waals surface area contributed by atoms with Crippen molar-refractivity contribution in [3.05, 3.63) is 95.1 Å². The van der Waals surface area contributed by atoms with E-state index in [1.165, 1.54) is 64.2 Å². The lowest BCUT2D eigenvalue weighted by atomic mass is 9.36. The van der Waals surface area contributed by atoms with Gasteiger partial charge in [0.25, 0.3) is 0 Å². The molecule has 1 saturated carbocycles. The Kier molecular flexibility index (Phi) is 4.75. The van der Waals surface area contributed by atoms with E-state index in [0.717, 1.165) is 0 Å². The molecule has 0 spiro atoms. The third-order valence-corrected chi connectivity index (χ3v) is 7.68. The summed E-state index contributed by atoms with van der Waals surface area (Å²) in [5.74, 6) is 0. The Morgan fingerprint density at radius 2 is 0.893 bits per heavy atom. The number of hydrogen-bond donors (Lipinski definition) is 0. The van der Waals surface area contributed by atoms with E-state index < -0.39 is 0 Å². The third-order valence-electron chi connectivity index (χ3n) is 7.68. The molecule has 0 bridgehead atoms. The van der Waals surface area contributed by atoms with Crippen LogP contribution in [0.4, 0.5) is 0 Å². The van der Waals surface area contributed by atoms with Crippen molar-refractivity contribution in [3.8, 4) is 0 Å². The molecule has 2 atom stereocenters. The summed E-state index contributed by atoms with van der Waals surface area (Å²) in [7, 11) is 0. The van der Waals surface area contributed by atoms with Gasteiger partial charge >= 0.3 is 0 Å². The van der Waals surface area contributed by atoms with Crippen molar-refractivity contribution in [2.75, 3.05) is 0 Å². The average molecular weight is 369 g/mol. The van der Waals surface area contributed by atoms with Gasteiger partial charge in [0.05, 0.1) is 0 Å². The van der Waals surface area contributed by atoms with Crippen LogP contribution in [-0.2, 0) is 10.8 Å². The topological polar surface area (TPSA) is 0 Å². The number of benzene rings is 2. The fourth-order valence-corrected chi connectivity index (χ4v) is 6.57. The largest absolute Gasteiger partial charge is 0.0801 e. The van der Waals surface area contributed by atoms with Crippen LogP contribution >= 0.6 is 0 Å². The van der Waals surface area contributed by atoms with Gasteiger partial charge < -0.3 is 0 Å². The Labute approximate surface area is 170 Å². The summed E-state index contributed by atoms with van der Waals surface area (Å²) in [6.45, 7) is 0. The SMILES string of the molecule is C1=C2/C3=C/CCCCC[C@@]3(c3ccccc3)[C@@]2(c2ccccc2)CCCCC/1. The average Bonchev–Trinajstić information content (AvgIpc) is 2.72. The molecule has 0 heteroatoms. The fourth-order valence-electron chi connectivity index (χ4n) is 6.57. The standard InChI is InChI=1S/C28H32/c1-3-13-21-27(23-15-7-5-8-16-23)25(19-11-1)26-20-12-2-4-14-22-28(26,27)24-17-9-6-10-18-24/h5-10,15-20H,1-4,11-14,21-22H2/b25-19-,26-20-/t27-,28+. The van der Waals surface area contributed by atoms with Gasteiger partial charge in [0, 0.05) is 10.8 Å². The van der Waals surface area contributed by atoms with Crippen molar-refractivity contribution in [2.45, 2.75) is 75.0 Å². The van der Waals surface area contributed by atoms with Crippen LogP contribution in [0.2, 0.25) is 0 Å². The van der Waals surface area contributed by atoms with Crippen LogP contribution in [0, 0.1) is 0 Å². The first-order valence-electron chi connectivity index (χ1n) is 11.4. The predicted octanol–water partition coefficient (Wildman–Crippen LogP) is 7.66.